The number of rotatable bonds is 4. The summed E-state index contributed by atoms with van der Waals surface area (Å²) in [4.78, 5) is 17.2. The van der Waals surface area contributed by atoms with E-state index in [2.05, 4.69) is 35.6 Å². The predicted molar refractivity (Wildman–Crippen MR) is 110 cm³/mol. The molecule has 0 amide bonds. The second-order valence-corrected chi connectivity index (χ2v) is 6.71. The van der Waals surface area contributed by atoms with Crippen LogP contribution >= 0.6 is 11.6 Å². The van der Waals surface area contributed by atoms with Gasteiger partial charge in [-0.25, -0.2) is 19.3 Å². The van der Waals surface area contributed by atoms with Crippen LogP contribution in [-0.2, 0) is 0 Å². The van der Waals surface area contributed by atoms with Gasteiger partial charge in [0.1, 0.15) is 17.7 Å². The van der Waals surface area contributed by atoms with Crippen molar-refractivity contribution >= 4 is 34.3 Å². The number of nitrogens with zero attached hydrogens (tertiary/aromatic N) is 7. The highest BCUT2D eigenvalue weighted by molar-refractivity contribution is 6.31. The van der Waals surface area contributed by atoms with Gasteiger partial charge < -0.3 is 5.32 Å². The van der Waals surface area contributed by atoms with Gasteiger partial charge in [-0.15, -0.1) is 5.10 Å². The van der Waals surface area contributed by atoms with Gasteiger partial charge in [0.25, 0.3) is 0 Å². The van der Waals surface area contributed by atoms with E-state index < -0.39 is 5.82 Å². The summed E-state index contributed by atoms with van der Waals surface area (Å²) in [5.41, 5.74) is 3.46. The number of halogens is 2. The highest BCUT2D eigenvalue weighted by Gasteiger charge is 2.16. The lowest BCUT2D eigenvalue weighted by atomic mass is 10.1. The molecule has 0 unspecified atom stereocenters. The van der Waals surface area contributed by atoms with Gasteiger partial charge in [-0.3, -0.25) is 0 Å². The summed E-state index contributed by atoms with van der Waals surface area (Å²) in [5.74, 6) is 0.273. The molecule has 3 aromatic heterocycles. The van der Waals surface area contributed by atoms with Gasteiger partial charge in [0.15, 0.2) is 5.82 Å². The summed E-state index contributed by atoms with van der Waals surface area (Å²) in [6.07, 6.45) is 6.43. The van der Waals surface area contributed by atoms with E-state index in [0.29, 0.717) is 17.1 Å². The monoisotopic (exact) mass is 418 g/mol. The van der Waals surface area contributed by atoms with E-state index in [4.69, 9.17) is 11.6 Å². The first-order valence-corrected chi connectivity index (χ1v) is 9.22. The maximum Gasteiger partial charge on any atom is 0.229 e. The molecule has 5 aromatic rings. The molecule has 30 heavy (non-hydrogen) atoms. The summed E-state index contributed by atoms with van der Waals surface area (Å²) in [7, 11) is 0. The van der Waals surface area contributed by atoms with Crippen molar-refractivity contribution < 1.29 is 4.39 Å². The van der Waals surface area contributed by atoms with Crippen LogP contribution in [0.25, 0.3) is 28.0 Å². The minimum atomic E-state index is -0.502. The molecule has 0 radical (unpaired) electrons. The number of anilines is 2. The second kappa shape index (κ2) is 7.45. The predicted octanol–water partition coefficient (Wildman–Crippen LogP) is 4.20. The molecule has 146 valence electrons. The molecule has 0 aliphatic heterocycles. The molecule has 5 rings (SSSR count). The lowest BCUT2D eigenvalue weighted by Crippen LogP contribution is -2.07. The van der Waals surface area contributed by atoms with E-state index in [9.17, 15) is 4.39 Å². The molecule has 0 aliphatic rings. The van der Waals surface area contributed by atoms with Crippen molar-refractivity contribution in [2.75, 3.05) is 5.32 Å². The summed E-state index contributed by atoms with van der Waals surface area (Å²) in [6.45, 7) is 0. The van der Waals surface area contributed by atoms with Crippen molar-refractivity contribution in [3.63, 3.8) is 0 Å². The molecule has 0 saturated heterocycles. The van der Waals surface area contributed by atoms with Crippen LogP contribution in [0.15, 0.2) is 67.4 Å². The van der Waals surface area contributed by atoms with E-state index in [-0.39, 0.29) is 11.0 Å². The van der Waals surface area contributed by atoms with Crippen molar-refractivity contribution in [1.82, 2.24) is 34.9 Å². The first-order valence-electron chi connectivity index (χ1n) is 8.84. The highest BCUT2D eigenvalue weighted by atomic mass is 35.5. The van der Waals surface area contributed by atoms with Crippen molar-refractivity contribution in [2.24, 2.45) is 0 Å². The Bertz CT molecular complexity index is 1360. The number of benzene rings is 2. The fourth-order valence-electron chi connectivity index (χ4n) is 2.96. The third-order valence-electron chi connectivity index (χ3n) is 4.37. The Morgan fingerprint density at radius 2 is 1.83 bits per heavy atom. The molecule has 0 spiro atoms. The third-order valence-corrected chi connectivity index (χ3v) is 4.66. The van der Waals surface area contributed by atoms with Crippen LogP contribution < -0.4 is 5.32 Å². The quantitative estimate of drug-likeness (QED) is 0.467. The molecule has 8 nitrogen and oxygen atoms in total. The summed E-state index contributed by atoms with van der Waals surface area (Å²) < 4.78 is 15.1. The maximum absolute atomic E-state index is 13.5. The highest BCUT2D eigenvalue weighted by Crippen LogP contribution is 2.28. The van der Waals surface area contributed by atoms with Crippen LogP contribution in [0.4, 0.5) is 16.0 Å². The lowest BCUT2D eigenvalue weighted by Gasteiger charge is -2.11. The molecular weight excluding hydrogens is 407 g/mol. The van der Waals surface area contributed by atoms with E-state index in [1.807, 2.05) is 24.3 Å². The molecule has 0 saturated carbocycles. The van der Waals surface area contributed by atoms with Gasteiger partial charge in [-0.1, -0.05) is 28.9 Å². The number of para-hydroxylation sites is 1. The van der Waals surface area contributed by atoms with Gasteiger partial charge in [0.2, 0.25) is 5.95 Å². The largest absolute Gasteiger partial charge is 0.324 e. The van der Waals surface area contributed by atoms with Crippen LogP contribution in [0.1, 0.15) is 0 Å². The first kappa shape index (κ1) is 18.1. The molecule has 0 fully saturated rings. The topological polar surface area (TPSA) is 94.3 Å². The van der Waals surface area contributed by atoms with Crippen LogP contribution in [0.2, 0.25) is 5.02 Å². The van der Waals surface area contributed by atoms with Crippen molar-refractivity contribution in [3.05, 3.63) is 78.2 Å². The van der Waals surface area contributed by atoms with Gasteiger partial charge in [-0.05, 0) is 30.3 Å². The SMILES string of the molecule is Fc1ccc(Nc2ncc(-c3cncnc3)c(-n3nnc4ccccc43)n2)cc1Cl. The molecule has 0 bridgehead atoms. The Hall–Kier alpha value is -3.98. The van der Waals surface area contributed by atoms with Crippen molar-refractivity contribution in [1.29, 1.82) is 0 Å². The van der Waals surface area contributed by atoms with Crippen LogP contribution in [0, 0.1) is 5.82 Å². The van der Waals surface area contributed by atoms with Crippen molar-refractivity contribution in [3.8, 4) is 16.9 Å². The Morgan fingerprint density at radius 1 is 1.00 bits per heavy atom. The smallest absolute Gasteiger partial charge is 0.229 e. The summed E-state index contributed by atoms with van der Waals surface area (Å²) >= 11 is 5.87. The molecule has 1 N–H and O–H groups in total. The Morgan fingerprint density at radius 3 is 2.67 bits per heavy atom. The molecular formula is C20H12ClFN8. The normalized spacial score (nSPS) is 11.0. The van der Waals surface area contributed by atoms with Gasteiger partial charge in [0, 0.05) is 35.4 Å². The first-order chi connectivity index (χ1) is 14.7. The number of nitrogens with one attached hydrogen (secondary N) is 1. The molecule has 0 aliphatic carbocycles. The zero-order chi connectivity index (χ0) is 20.5. The van der Waals surface area contributed by atoms with E-state index in [0.717, 1.165) is 16.6 Å². The average molecular weight is 419 g/mol. The summed E-state index contributed by atoms with van der Waals surface area (Å²) in [6, 6.07) is 11.8. The minimum Gasteiger partial charge on any atom is -0.324 e. The molecule has 2 aromatic carbocycles. The van der Waals surface area contributed by atoms with Crippen LogP contribution in [0.3, 0.4) is 0 Å². The number of fused-ring (bicyclic) bond motifs is 1. The van der Waals surface area contributed by atoms with Gasteiger partial charge in [-0.2, -0.15) is 9.67 Å². The average Bonchev–Trinajstić information content (AvgIpc) is 3.21. The Labute approximate surface area is 174 Å². The molecule has 3 heterocycles. The van der Waals surface area contributed by atoms with Gasteiger partial charge >= 0.3 is 0 Å². The van der Waals surface area contributed by atoms with Crippen molar-refractivity contribution in [2.45, 2.75) is 0 Å². The Balaban J connectivity index is 1.65. The van der Waals surface area contributed by atoms with Gasteiger partial charge in [0.05, 0.1) is 10.5 Å². The Kier molecular flexibility index (Phi) is 4.49. The minimum absolute atomic E-state index is 0.000508. The molecule has 10 heteroatoms. The zero-order valence-corrected chi connectivity index (χ0v) is 16.0. The maximum atomic E-state index is 13.5. The van der Waals surface area contributed by atoms with E-state index in [1.54, 1.807) is 29.3 Å². The summed E-state index contributed by atoms with van der Waals surface area (Å²) in [5, 5.41) is 11.5. The number of hydrogen-bond acceptors (Lipinski definition) is 7. The van der Waals surface area contributed by atoms with Crippen LogP contribution in [0.5, 0.6) is 0 Å². The second-order valence-electron chi connectivity index (χ2n) is 6.30. The van der Waals surface area contributed by atoms with E-state index in [1.165, 1.54) is 18.5 Å². The molecule has 0 atom stereocenters. The van der Waals surface area contributed by atoms with Crippen LogP contribution in [-0.4, -0.2) is 34.9 Å². The third kappa shape index (κ3) is 3.31. The number of hydrogen-bond donors (Lipinski definition) is 1. The fourth-order valence-corrected chi connectivity index (χ4v) is 3.15. The lowest BCUT2D eigenvalue weighted by molar-refractivity contribution is 0.628. The van der Waals surface area contributed by atoms with E-state index >= 15 is 0 Å². The zero-order valence-electron chi connectivity index (χ0n) is 15.2. The fraction of sp³-hybridized carbons (Fsp3) is 0. The standard InChI is InChI=1S/C20H12ClFN8/c21-15-7-13(5-6-16(15)22)26-20-25-10-14(12-8-23-11-24-9-12)19(27-20)30-18-4-2-1-3-17(18)28-29-30/h1-11H,(H,25,26,27). The number of aromatic nitrogens is 7.